The van der Waals surface area contributed by atoms with E-state index in [1.165, 1.54) is 4.88 Å². The molecule has 16 heavy (non-hydrogen) atoms. The molecule has 0 atom stereocenters. The van der Waals surface area contributed by atoms with Crippen molar-refractivity contribution in [2.75, 3.05) is 6.54 Å². The third-order valence-corrected chi connectivity index (χ3v) is 3.13. The Bertz CT molecular complexity index is 428. The van der Waals surface area contributed by atoms with Crippen molar-refractivity contribution in [3.05, 3.63) is 46.4 Å². The lowest BCUT2D eigenvalue weighted by atomic mass is 10.3. The van der Waals surface area contributed by atoms with E-state index >= 15 is 0 Å². The van der Waals surface area contributed by atoms with E-state index in [9.17, 15) is 0 Å². The van der Waals surface area contributed by atoms with Crippen LogP contribution in [0, 0.1) is 0 Å². The van der Waals surface area contributed by atoms with E-state index in [-0.39, 0.29) is 0 Å². The quantitative estimate of drug-likeness (QED) is 0.863. The molecule has 0 radical (unpaired) electrons. The molecular formula is C12H14N2OS. The summed E-state index contributed by atoms with van der Waals surface area (Å²) in [5, 5.41) is 0.993. The van der Waals surface area contributed by atoms with Gasteiger partial charge >= 0.3 is 0 Å². The van der Waals surface area contributed by atoms with Crippen LogP contribution in [0.15, 0.2) is 36.5 Å². The summed E-state index contributed by atoms with van der Waals surface area (Å²) in [5.74, 6) is 0.873. The first kappa shape index (κ1) is 11.1. The summed E-state index contributed by atoms with van der Waals surface area (Å²) in [4.78, 5) is 5.50. The molecule has 0 aliphatic heterocycles. The molecule has 0 aliphatic carbocycles. The van der Waals surface area contributed by atoms with Crippen LogP contribution in [0.25, 0.3) is 0 Å². The van der Waals surface area contributed by atoms with Crippen molar-refractivity contribution >= 4 is 11.3 Å². The van der Waals surface area contributed by atoms with Gasteiger partial charge in [0.05, 0.1) is 0 Å². The molecule has 2 aromatic rings. The molecule has 0 amide bonds. The lowest BCUT2D eigenvalue weighted by Gasteiger charge is -2.02. The summed E-state index contributed by atoms with van der Waals surface area (Å²) in [6, 6.07) is 9.76. The number of aromatic nitrogens is 1. The Morgan fingerprint density at radius 2 is 2.06 bits per heavy atom. The fraction of sp³-hybridized carbons (Fsp3) is 0.250. The van der Waals surface area contributed by atoms with Crippen LogP contribution < -0.4 is 10.5 Å². The van der Waals surface area contributed by atoms with E-state index in [0.717, 1.165) is 17.2 Å². The molecule has 2 N–H and O–H groups in total. The molecule has 1 aromatic carbocycles. The number of thiazole rings is 1. The predicted molar refractivity (Wildman–Crippen MR) is 65.6 cm³/mol. The lowest BCUT2D eigenvalue weighted by Crippen LogP contribution is -2.00. The number of hydrogen-bond donors (Lipinski definition) is 1. The smallest absolute Gasteiger partial charge is 0.140 e. The van der Waals surface area contributed by atoms with Gasteiger partial charge in [-0.15, -0.1) is 11.3 Å². The first-order valence-electron chi connectivity index (χ1n) is 5.20. The Kier molecular flexibility index (Phi) is 3.91. The second kappa shape index (κ2) is 5.63. The second-order valence-corrected chi connectivity index (χ2v) is 4.56. The largest absolute Gasteiger partial charge is 0.486 e. The zero-order valence-electron chi connectivity index (χ0n) is 8.93. The average Bonchev–Trinajstić information content (AvgIpc) is 2.76. The molecule has 1 heterocycles. The van der Waals surface area contributed by atoms with Crippen molar-refractivity contribution in [2.45, 2.75) is 13.0 Å². The van der Waals surface area contributed by atoms with Gasteiger partial charge in [0.2, 0.25) is 0 Å². The number of para-hydroxylation sites is 1. The summed E-state index contributed by atoms with van der Waals surface area (Å²) >= 11 is 1.66. The van der Waals surface area contributed by atoms with E-state index < -0.39 is 0 Å². The van der Waals surface area contributed by atoms with Crippen LogP contribution >= 0.6 is 11.3 Å². The van der Waals surface area contributed by atoms with E-state index in [1.807, 2.05) is 36.5 Å². The van der Waals surface area contributed by atoms with E-state index in [0.29, 0.717) is 13.2 Å². The van der Waals surface area contributed by atoms with Crippen molar-refractivity contribution in [3.63, 3.8) is 0 Å². The minimum atomic E-state index is 0.527. The third kappa shape index (κ3) is 3.05. The fourth-order valence-electron chi connectivity index (χ4n) is 1.33. The molecule has 2 rings (SSSR count). The predicted octanol–water partition coefficient (Wildman–Crippen LogP) is 2.22. The average molecular weight is 234 g/mol. The molecule has 3 nitrogen and oxygen atoms in total. The Hall–Kier alpha value is -1.39. The van der Waals surface area contributed by atoms with E-state index in [4.69, 9.17) is 10.5 Å². The number of nitrogens with zero attached hydrogens (tertiary/aromatic N) is 1. The first-order valence-corrected chi connectivity index (χ1v) is 6.01. The minimum absolute atomic E-state index is 0.527. The molecule has 84 valence electrons. The van der Waals surface area contributed by atoms with Crippen molar-refractivity contribution < 1.29 is 4.74 Å². The standard InChI is InChI=1S/C12H14N2OS/c13-7-6-11-8-14-12(16-11)9-15-10-4-2-1-3-5-10/h1-5,8H,6-7,9,13H2. The second-order valence-electron chi connectivity index (χ2n) is 3.36. The monoisotopic (exact) mass is 234 g/mol. The van der Waals surface area contributed by atoms with Gasteiger partial charge in [-0.25, -0.2) is 4.98 Å². The maximum Gasteiger partial charge on any atom is 0.140 e. The van der Waals surface area contributed by atoms with Crippen molar-refractivity contribution in [2.24, 2.45) is 5.73 Å². The SMILES string of the molecule is NCCc1cnc(COc2ccccc2)s1. The van der Waals surface area contributed by atoms with E-state index in [2.05, 4.69) is 4.98 Å². The van der Waals surface area contributed by atoms with Crippen molar-refractivity contribution in [3.8, 4) is 5.75 Å². The zero-order chi connectivity index (χ0) is 11.2. The highest BCUT2D eigenvalue weighted by Crippen LogP contribution is 2.16. The van der Waals surface area contributed by atoms with Crippen LogP contribution in [0.4, 0.5) is 0 Å². The van der Waals surface area contributed by atoms with Gasteiger partial charge in [-0.2, -0.15) is 0 Å². The first-order chi connectivity index (χ1) is 7.88. The molecule has 0 unspecified atom stereocenters. The molecule has 4 heteroatoms. The van der Waals surface area contributed by atoms with Gasteiger partial charge in [0.25, 0.3) is 0 Å². The van der Waals surface area contributed by atoms with Crippen LogP contribution in [0.1, 0.15) is 9.88 Å². The Morgan fingerprint density at radius 1 is 1.25 bits per heavy atom. The van der Waals surface area contributed by atoms with Crippen LogP contribution in [0.5, 0.6) is 5.75 Å². The number of ether oxygens (including phenoxy) is 1. The molecule has 0 fully saturated rings. The topological polar surface area (TPSA) is 48.1 Å². The lowest BCUT2D eigenvalue weighted by molar-refractivity contribution is 0.305. The Labute approximate surface area is 98.9 Å². The van der Waals surface area contributed by atoms with Gasteiger partial charge in [0.1, 0.15) is 17.4 Å². The van der Waals surface area contributed by atoms with Crippen LogP contribution in [-0.2, 0) is 13.0 Å². The molecule has 1 aromatic heterocycles. The maximum absolute atomic E-state index is 5.60. The van der Waals surface area contributed by atoms with Crippen LogP contribution in [0.3, 0.4) is 0 Å². The number of nitrogens with two attached hydrogens (primary N) is 1. The summed E-state index contributed by atoms with van der Waals surface area (Å²) in [7, 11) is 0. The molecule has 0 saturated carbocycles. The summed E-state index contributed by atoms with van der Waals surface area (Å²) in [5.41, 5.74) is 5.48. The van der Waals surface area contributed by atoms with Gasteiger partial charge in [-0.3, -0.25) is 0 Å². The van der Waals surface area contributed by atoms with E-state index in [1.54, 1.807) is 11.3 Å². The van der Waals surface area contributed by atoms with Crippen molar-refractivity contribution in [1.29, 1.82) is 0 Å². The molecule has 0 saturated heterocycles. The van der Waals surface area contributed by atoms with Gasteiger partial charge in [0, 0.05) is 11.1 Å². The van der Waals surface area contributed by atoms with Gasteiger partial charge in [0.15, 0.2) is 0 Å². The molecule has 0 aliphatic rings. The summed E-state index contributed by atoms with van der Waals surface area (Å²) in [6.07, 6.45) is 2.77. The highest BCUT2D eigenvalue weighted by molar-refractivity contribution is 7.11. The van der Waals surface area contributed by atoms with Gasteiger partial charge in [-0.1, -0.05) is 18.2 Å². The fourth-order valence-corrected chi connectivity index (χ4v) is 2.19. The molecule has 0 spiro atoms. The summed E-state index contributed by atoms with van der Waals surface area (Å²) < 4.78 is 5.60. The van der Waals surface area contributed by atoms with Gasteiger partial charge < -0.3 is 10.5 Å². The van der Waals surface area contributed by atoms with Crippen molar-refractivity contribution in [1.82, 2.24) is 4.98 Å². The Morgan fingerprint density at radius 3 is 2.81 bits per heavy atom. The minimum Gasteiger partial charge on any atom is -0.486 e. The van der Waals surface area contributed by atoms with Gasteiger partial charge in [-0.05, 0) is 25.1 Å². The number of benzene rings is 1. The Balaban J connectivity index is 1.89. The van der Waals surface area contributed by atoms with Crippen LogP contribution in [-0.4, -0.2) is 11.5 Å². The normalized spacial score (nSPS) is 10.3. The highest BCUT2D eigenvalue weighted by Gasteiger charge is 2.02. The molecule has 0 bridgehead atoms. The third-order valence-electron chi connectivity index (χ3n) is 2.10. The maximum atomic E-state index is 5.60. The van der Waals surface area contributed by atoms with Crippen LogP contribution in [0.2, 0.25) is 0 Å². The number of hydrogen-bond acceptors (Lipinski definition) is 4. The zero-order valence-corrected chi connectivity index (χ0v) is 9.74. The summed E-state index contributed by atoms with van der Waals surface area (Å²) in [6.45, 7) is 1.19. The molecular weight excluding hydrogens is 220 g/mol. The number of rotatable bonds is 5. The highest BCUT2D eigenvalue weighted by atomic mass is 32.1.